The summed E-state index contributed by atoms with van der Waals surface area (Å²) >= 11 is 0. The Morgan fingerprint density at radius 3 is 2.14 bits per heavy atom. The van der Waals surface area contributed by atoms with Gasteiger partial charge in [0.25, 0.3) is 0 Å². The Morgan fingerprint density at radius 2 is 1.64 bits per heavy atom. The van der Waals surface area contributed by atoms with E-state index in [1.165, 1.54) is 0 Å². The van der Waals surface area contributed by atoms with E-state index in [1.54, 1.807) is 20.8 Å². The van der Waals surface area contributed by atoms with Crippen molar-refractivity contribution in [2.24, 2.45) is 5.92 Å². The van der Waals surface area contributed by atoms with Crippen LogP contribution < -0.4 is 0 Å². The van der Waals surface area contributed by atoms with Crippen LogP contribution in [0.4, 0.5) is 9.59 Å². The van der Waals surface area contributed by atoms with Crippen LogP contribution in [-0.4, -0.2) is 37.2 Å². The summed E-state index contributed by atoms with van der Waals surface area (Å²) in [4.78, 5) is 22.9. The van der Waals surface area contributed by atoms with Crippen molar-refractivity contribution in [1.29, 1.82) is 0 Å². The third kappa shape index (κ3) is 12.3. The smallest absolute Gasteiger partial charge is 0.434 e. The van der Waals surface area contributed by atoms with Gasteiger partial charge in [0.05, 0.1) is 13.2 Å². The predicted molar refractivity (Wildman–Crippen MR) is 82.5 cm³/mol. The first-order valence-electron chi connectivity index (χ1n) is 7.62. The zero-order valence-corrected chi connectivity index (χ0v) is 14.3. The Morgan fingerprint density at radius 1 is 1.05 bits per heavy atom. The van der Waals surface area contributed by atoms with Gasteiger partial charge in [-0.2, -0.15) is 0 Å². The number of carbonyl (C=O) groups excluding carboxylic acids is 2. The normalized spacial score (nSPS) is 12.7. The second kappa shape index (κ2) is 10.3. The summed E-state index contributed by atoms with van der Waals surface area (Å²) < 4.78 is 20.1. The van der Waals surface area contributed by atoms with Crippen LogP contribution in [0.2, 0.25) is 0 Å². The Kier molecular flexibility index (Phi) is 9.61. The van der Waals surface area contributed by atoms with Crippen LogP contribution in [0.1, 0.15) is 53.9 Å². The fraction of sp³-hybridized carbons (Fsp3) is 0.812. The van der Waals surface area contributed by atoms with Crippen LogP contribution in [0.25, 0.3) is 0 Å². The van der Waals surface area contributed by atoms with Gasteiger partial charge >= 0.3 is 12.3 Å². The molecule has 0 aromatic carbocycles. The highest BCUT2D eigenvalue weighted by molar-refractivity contribution is 5.60. The fourth-order valence-electron chi connectivity index (χ4n) is 1.63. The number of rotatable bonds is 8. The summed E-state index contributed by atoms with van der Waals surface area (Å²) in [6, 6.07) is 0. The molecule has 0 aromatic rings. The SMILES string of the molecule is [CH2]CCOC(=O)OC(CCOC(=O)OC(C)(C)C)CC(C)C. The lowest BCUT2D eigenvalue weighted by Crippen LogP contribution is -2.26. The Balaban J connectivity index is 4.19. The first kappa shape index (κ1) is 20.5. The van der Waals surface area contributed by atoms with E-state index in [1.807, 2.05) is 13.8 Å². The molecule has 0 N–H and O–H groups in total. The standard InChI is InChI=1S/C16H29O6/c1-7-9-19-14(17)21-13(11-12(2)3)8-10-20-15(18)22-16(4,5)6/h12-13H,1,7-11H2,2-6H3. The molecule has 0 spiro atoms. The van der Waals surface area contributed by atoms with E-state index in [2.05, 4.69) is 6.92 Å². The van der Waals surface area contributed by atoms with E-state index in [9.17, 15) is 9.59 Å². The highest BCUT2D eigenvalue weighted by Crippen LogP contribution is 2.14. The maximum absolute atomic E-state index is 11.5. The second-order valence-electron chi connectivity index (χ2n) is 6.42. The Labute approximate surface area is 133 Å². The molecule has 0 amide bonds. The summed E-state index contributed by atoms with van der Waals surface area (Å²) in [5.74, 6) is 0.340. The number of carbonyl (C=O) groups is 2. The van der Waals surface area contributed by atoms with Gasteiger partial charge in [0.2, 0.25) is 0 Å². The van der Waals surface area contributed by atoms with Gasteiger partial charge in [-0.3, -0.25) is 0 Å². The van der Waals surface area contributed by atoms with Crippen molar-refractivity contribution >= 4 is 12.3 Å². The van der Waals surface area contributed by atoms with E-state index in [4.69, 9.17) is 18.9 Å². The van der Waals surface area contributed by atoms with Gasteiger partial charge in [0, 0.05) is 6.42 Å². The van der Waals surface area contributed by atoms with Gasteiger partial charge in [-0.05, 0) is 46.5 Å². The molecule has 22 heavy (non-hydrogen) atoms. The van der Waals surface area contributed by atoms with Gasteiger partial charge in [-0.1, -0.05) is 13.8 Å². The molecule has 0 aromatic heterocycles. The molecule has 0 saturated carbocycles. The Bertz CT molecular complexity index is 332. The van der Waals surface area contributed by atoms with Crippen molar-refractivity contribution in [1.82, 2.24) is 0 Å². The topological polar surface area (TPSA) is 71.1 Å². The fourth-order valence-corrected chi connectivity index (χ4v) is 1.63. The van der Waals surface area contributed by atoms with Crippen molar-refractivity contribution in [2.75, 3.05) is 13.2 Å². The molecule has 6 nitrogen and oxygen atoms in total. The van der Waals surface area contributed by atoms with Crippen molar-refractivity contribution < 1.29 is 28.5 Å². The molecule has 0 aliphatic carbocycles. The maximum atomic E-state index is 11.5. The summed E-state index contributed by atoms with van der Waals surface area (Å²) in [5.41, 5.74) is -0.594. The first-order chi connectivity index (χ1) is 10.1. The van der Waals surface area contributed by atoms with Crippen LogP contribution in [0.3, 0.4) is 0 Å². The third-order valence-electron chi connectivity index (χ3n) is 2.41. The van der Waals surface area contributed by atoms with Gasteiger partial charge in [0.1, 0.15) is 11.7 Å². The third-order valence-corrected chi connectivity index (χ3v) is 2.41. The quantitative estimate of drug-likeness (QED) is 0.627. The minimum Gasteiger partial charge on any atom is -0.434 e. The highest BCUT2D eigenvalue weighted by Gasteiger charge is 2.20. The molecule has 0 aliphatic heterocycles. The molecule has 0 saturated heterocycles. The highest BCUT2D eigenvalue weighted by atomic mass is 16.7. The van der Waals surface area contributed by atoms with E-state index < -0.39 is 17.9 Å². The molecule has 0 fully saturated rings. The molecule has 0 bridgehead atoms. The van der Waals surface area contributed by atoms with E-state index >= 15 is 0 Å². The lowest BCUT2D eigenvalue weighted by Gasteiger charge is -2.21. The zero-order chi connectivity index (χ0) is 17.2. The lowest BCUT2D eigenvalue weighted by atomic mass is 10.0. The van der Waals surface area contributed by atoms with Crippen LogP contribution in [0.5, 0.6) is 0 Å². The first-order valence-corrected chi connectivity index (χ1v) is 7.62. The van der Waals surface area contributed by atoms with Gasteiger partial charge in [0.15, 0.2) is 0 Å². The molecule has 6 heteroatoms. The van der Waals surface area contributed by atoms with Crippen LogP contribution >= 0.6 is 0 Å². The predicted octanol–water partition coefficient (Wildman–Crippen LogP) is 4.12. The molecule has 0 rings (SSSR count). The summed E-state index contributed by atoms with van der Waals surface area (Å²) in [6.07, 6.45) is -0.249. The van der Waals surface area contributed by atoms with Gasteiger partial charge < -0.3 is 18.9 Å². The molecule has 1 radical (unpaired) electrons. The average molecular weight is 317 g/mol. The molecule has 1 atom stereocenters. The van der Waals surface area contributed by atoms with Gasteiger partial charge in [-0.15, -0.1) is 0 Å². The van der Waals surface area contributed by atoms with E-state index in [-0.39, 0.29) is 19.3 Å². The van der Waals surface area contributed by atoms with E-state index in [0.29, 0.717) is 25.2 Å². The minimum absolute atomic E-state index is 0.120. The average Bonchev–Trinajstić information content (AvgIpc) is 2.33. The van der Waals surface area contributed by atoms with Crippen molar-refractivity contribution in [2.45, 2.75) is 65.6 Å². The Hall–Kier alpha value is -1.46. The zero-order valence-electron chi connectivity index (χ0n) is 14.3. The van der Waals surface area contributed by atoms with Crippen LogP contribution in [-0.2, 0) is 18.9 Å². The monoisotopic (exact) mass is 317 g/mol. The summed E-state index contributed by atoms with van der Waals surface area (Å²) in [7, 11) is 0. The number of ether oxygens (including phenoxy) is 4. The molecule has 129 valence electrons. The second-order valence-corrected chi connectivity index (χ2v) is 6.42. The lowest BCUT2D eigenvalue weighted by molar-refractivity contribution is -0.0197. The summed E-state index contributed by atoms with van der Waals surface area (Å²) in [5, 5.41) is 0. The molecule has 0 heterocycles. The molecule has 1 unspecified atom stereocenters. The van der Waals surface area contributed by atoms with Crippen molar-refractivity contribution in [3.05, 3.63) is 6.92 Å². The van der Waals surface area contributed by atoms with Crippen LogP contribution in [0, 0.1) is 12.8 Å². The maximum Gasteiger partial charge on any atom is 0.508 e. The molecule has 0 aliphatic rings. The number of hydrogen-bond donors (Lipinski definition) is 0. The molecular weight excluding hydrogens is 288 g/mol. The summed E-state index contributed by atoms with van der Waals surface area (Å²) in [6.45, 7) is 13.2. The van der Waals surface area contributed by atoms with Crippen molar-refractivity contribution in [3.8, 4) is 0 Å². The number of hydrogen-bond acceptors (Lipinski definition) is 6. The molecular formula is C16H29O6. The van der Waals surface area contributed by atoms with E-state index in [0.717, 1.165) is 0 Å². The van der Waals surface area contributed by atoms with Crippen molar-refractivity contribution in [3.63, 3.8) is 0 Å². The largest absolute Gasteiger partial charge is 0.508 e. The van der Waals surface area contributed by atoms with Crippen LogP contribution in [0.15, 0.2) is 0 Å². The van der Waals surface area contributed by atoms with Gasteiger partial charge in [-0.25, -0.2) is 9.59 Å². The minimum atomic E-state index is -0.726.